The van der Waals surface area contributed by atoms with E-state index in [1.165, 1.54) is 7.11 Å². The molecule has 0 heterocycles. The standard InChI is InChI=1S/C12H14BrNO5/c1-19-9-5-7(4-8(13)12(9)18)6-14-10(15)2-3-11(16)17/h4-5,18H,2-3,6H2,1H3,(H,14,15)(H,16,17). The second kappa shape index (κ2) is 6.98. The summed E-state index contributed by atoms with van der Waals surface area (Å²) in [7, 11) is 1.43. The van der Waals surface area contributed by atoms with E-state index < -0.39 is 5.97 Å². The summed E-state index contributed by atoms with van der Waals surface area (Å²) in [6.45, 7) is 0.230. The van der Waals surface area contributed by atoms with Crippen LogP contribution in [-0.4, -0.2) is 29.2 Å². The van der Waals surface area contributed by atoms with Crippen LogP contribution < -0.4 is 10.1 Å². The van der Waals surface area contributed by atoms with E-state index in [1.54, 1.807) is 12.1 Å². The van der Waals surface area contributed by atoms with E-state index in [0.717, 1.165) is 5.56 Å². The molecule has 0 bridgehead atoms. The summed E-state index contributed by atoms with van der Waals surface area (Å²) < 4.78 is 5.44. The van der Waals surface area contributed by atoms with Crippen LogP contribution in [0.4, 0.5) is 0 Å². The van der Waals surface area contributed by atoms with Crippen molar-refractivity contribution in [2.75, 3.05) is 7.11 Å². The van der Waals surface area contributed by atoms with E-state index in [1.807, 2.05) is 0 Å². The number of methoxy groups -OCH3 is 1. The predicted molar refractivity (Wildman–Crippen MR) is 71.1 cm³/mol. The highest BCUT2D eigenvalue weighted by Crippen LogP contribution is 2.35. The molecule has 0 aromatic heterocycles. The molecule has 0 aliphatic heterocycles. The Bertz CT molecular complexity index is 489. The number of nitrogens with one attached hydrogen (secondary N) is 1. The fourth-order valence-corrected chi connectivity index (χ4v) is 1.88. The lowest BCUT2D eigenvalue weighted by atomic mass is 10.2. The summed E-state index contributed by atoms with van der Waals surface area (Å²) >= 11 is 3.17. The van der Waals surface area contributed by atoms with Gasteiger partial charge >= 0.3 is 5.97 Å². The molecule has 6 nitrogen and oxygen atoms in total. The Morgan fingerprint density at radius 3 is 2.63 bits per heavy atom. The summed E-state index contributed by atoms with van der Waals surface area (Å²) in [4.78, 5) is 21.7. The largest absolute Gasteiger partial charge is 0.503 e. The number of aliphatic carboxylic acids is 1. The van der Waals surface area contributed by atoms with Crippen molar-refractivity contribution >= 4 is 27.8 Å². The molecule has 7 heteroatoms. The fourth-order valence-electron chi connectivity index (χ4n) is 1.39. The van der Waals surface area contributed by atoms with Crippen LogP contribution in [0.3, 0.4) is 0 Å². The molecule has 1 amide bonds. The van der Waals surface area contributed by atoms with Crippen LogP contribution in [0.5, 0.6) is 11.5 Å². The molecule has 0 spiro atoms. The Kier molecular flexibility index (Phi) is 5.62. The van der Waals surface area contributed by atoms with Gasteiger partial charge < -0.3 is 20.3 Å². The van der Waals surface area contributed by atoms with Crippen LogP contribution in [0.2, 0.25) is 0 Å². The third-order valence-electron chi connectivity index (χ3n) is 2.36. The number of carboxylic acid groups (broad SMARTS) is 1. The van der Waals surface area contributed by atoms with Crippen LogP contribution >= 0.6 is 15.9 Å². The summed E-state index contributed by atoms with van der Waals surface area (Å²) in [6, 6.07) is 3.24. The minimum Gasteiger partial charge on any atom is -0.503 e. The lowest BCUT2D eigenvalue weighted by Crippen LogP contribution is -2.23. The number of rotatable bonds is 6. The van der Waals surface area contributed by atoms with E-state index in [9.17, 15) is 14.7 Å². The van der Waals surface area contributed by atoms with Crippen molar-refractivity contribution in [3.63, 3.8) is 0 Å². The second-order valence-corrected chi connectivity index (χ2v) is 4.65. The highest BCUT2D eigenvalue weighted by atomic mass is 79.9. The molecule has 1 aromatic rings. The Hall–Kier alpha value is -1.76. The maximum absolute atomic E-state index is 11.4. The molecular weight excluding hydrogens is 318 g/mol. The minimum absolute atomic E-state index is 0.0107. The van der Waals surface area contributed by atoms with Crippen molar-refractivity contribution in [2.45, 2.75) is 19.4 Å². The van der Waals surface area contributed by atoms with E-state index in [0.29, 0.717) is 10.2 Å². The molecule has 19 heavy (non-hydrogen) atoms. The van der Waals surface area contributed by atoms with Crippen molar-refractivity contribution in [2.24, 2.45) is 0 Å². The number of hydrogen-bond donors (Lipinski definition) is 3. The third-order valence-corrected chi connectivity index (χ3v) is 2.97. The quantitative estimate of drug-likeness (QED) is 0.736. The van der Waals surface area contributed by atoms with Gasteiger partial charge in [-0.25, -0.2) is 0 Å². The average molecular weight is 332 g/mol. The van der Waals surface area contributed by atoms with Gasteiger partial charge in [0.15, 0.2) is 11.5 Å². The Morgan fingerprint density at radius 2 is 2.05 bits per heavy atom. The number of aromatic hydroxyl groups is 1. The molecule has 0 aliphatic carbocycles. The normalized spacial score (nSPS) is 10.0. The van der Waals surface area contributed by atoms with Crippen molar-refractivity contribution in [3.05, 3.63) is 22.2 Å². The van der Waals surface area contributed by atoms with Crippen molar-refractivity contribution in [3.8, 4) is 11.5 Å². The number of carbonyl (C=O) groups excluding carboxylic acids is 1. The van der Waals surface area contributed by atoms with Gasteiger partial charge in [0, 0.05) is 13.0 Å². The number of carbonyl (C=O) groups is 2. The second-order valence-electron chi connectivity index (χ2n) is 3.80. The van der Waals surface area contributed by atoms with E-state index in [4.69, 9.17) is 9.84 Å². The SMILES string of the molecule is COc1cc(CNC(=O)CCC(=O)O)cc(Br)c1O. The van der Waals surface area contributed by atoms with Crippen LogP contribution in [-0.2, 0) is 16.1 Å². The number of phenols is 1. The summed E-state index contributed by atoms with van der Waals surface area (Å²) in [5, 5.41) is 20.7. The Balaban J connectivity index is 2.60. The van der Waals surface area contributed by atoms with Crippen LogP contribution in [0.1, 0.15) is 18.4 Å². The zero-order valence-electron chi connectivity index (χ0n) is 10.3. The lowest BCUT2D eigenvalue weighted by Gasteiger charge is -2.09. The minimum atomic E-state index is -1.01. The van der Waals surface area contributed by atoms with Gasteiger partial charge in [0.1, 0.15) is 0 Å². The fraction of sp³-hybridized carbons (Fsp3) is 0.333. The molecule has 0 saturated heterocycles. The molecule has 104 valence electrons. The van der Waals surface area contributed by atoms with Gasteiger partial charge in [-0.2, -0.15) is 0 Å². The highest BCUT2D eigenvalue weighted by molar-refractivity contribution is 9.10. The molecule has 0 saturated carbocycles. The maximum Gasteiger partial charge on any atom is 0.303 e. The summed E-state index contributed by atoms with van der Waals surface area (Å²) in [6.07, 6.45) is -0.264. The topological polar surface area (TPSA) is 95.9 Å². The first-order valence-corrected chi connectivity index (χ1v) is 6.27. The molecule has 0 fully saturated rings. The van der Waals surface area contributed by atoms with Crippen molar-refractivity contribution in [1.82, 2.24) is 5.32 Å². The lowest BCUT2D eigenvalue weighted by molar-refractivity contribution is -0.138. The number of carboxylic acids is 1. The number of ether oxygens (including phenoxy) is 1. The first-order chi connectivity index (χ1) is 8.93. The van der Waals surface area contributed by atoms with Gasteiger partial charge in [0.25, 0.3) is 0 Å². The van der Waals surface area contributed by atoms with Crippen LogP contribution in [0, 0.1) is 0 Å². The maximum atomic E-state index is 11.4. The van der Waals surface area contributed by atoms with Crippen molar-refractivity contribution in [1.29, 1.82) is 0 Å². The van der Waals surface area contributed by atoms with E-state index in [2.05, 4.69) is 21.2 Å². The highest BCUT2D eigenvalue weighted by Gasteiger charge is 2.10. The molecular formula is C12H14BrNO5. The molecule has 0 aliphatic rings. The van der Waals surface area contributed by atoms with E-state index in [-0.39, 0.29) is 31.0 Å². The molecule has 3 N–H and O–H groups in total. The molecule has 0 radical (unpaired) electrons. The zero-order chi connectivity index (χ0) is 14.4. The molecule has 1 aromatic carbocycles. The van der Waals surface area contributed by atoms with Gasteiger partial charge in [-0.1, -0.05) is 0 Å². The van der Waals surface area contributed by atoms with Gasteiger partial charge in [-0.15, -0.1) is 0 Å². The van der Waals surface area contributed by atoms with Gasteiger partial charge in [0.2, 0.25) is 5.91 Å². The number of benzene rings is 1. The smallest absolute Gasteiger partial charge is 0.303 e. The third kappa shape index (κ3) is 4.78. The van der Waals surface area contributed by atoms with Crippen LogP contribution in [0.15, 0.2) is 16.6 Å². The summed E-state index contributed by atoms with van der Waals surface area (Å²) in [5.74, 6) is -1.07. The monoisotopic (exact) mass is 331 g/mol. The predicted octanol–water partition coefficient (Wildman–Crippen LogP) is 1.64. The zero-order valence-corrected chi connectivity index (χ0v) is 11.9. The van der Waals surface area contributed by atoms with Crippen molar-refractivity contribution < 1.29 is 24.5 Å². The van der Waals surface area contributed by atoms with Gasteiger partial charge in [-0.05, 0) is 33.6 Å². The van der Waals surface area contributed by atoms with Gasteiger partial charge in [-0.3, -0.25) is 9.59 Å². The Labute approximate surface area is 118 Å². The molecule has 0 unspecified atom stereocenters. The van der Waals surface area contributed by atoms with Crippen LogP contribution in [0.25, 0.3) is 0 Å². The molecule has 0 atom stereocenters. The molecule has 1 rings (SSSR count). The number of amides is 1. The first-order valence-electron chi connectivity index (χ1n) is 5.48. The van der Waals surface area contributed by atoms with Gasteiger partial charge in [0.05, 0.1) is 18.0 Å². The summed E-state index contributed by atoms with van der Waals surface area (Å²) in [5.41, 5.74) is 0.727. The number of hydrogen-bond acceptors (Lipinski definition) is 4. The Morgan fingerprint density at radius 1 is 1.37 bits per heavy atom. The van der Waals surface area contributed by atoms with E-state index >= 15 is 0 Å². The first kappa shape index (κ1) is 15.3. The number of halogens is 1. The average Bonchev–Trinajstić information content (AvgIpc) is 2.37. The number of phenolic OH excluding ortho intramolecular Hbond substituents is 1.